The van der Waals surface area contributed by atoms with Crippen LogP contribution in [-0.2, 0) is 4.74 Å². The van der Waals surface area contributed by atoms with Crippen molar-refractivity contribution in [2.75, 3.05) is 19.7 Å². The zero-order valence-electron chi connectivity index (χ0n) is 12.9. The molecular weight excluding hydrogens is 319 g/mol. The largest absolute Gasteiger partial charge is 0.370 e. The number of aromatic amines is 1. The van der Waals surface area contributed by atoms with E-state index in [2.05, 4.69) is 10.2 Å². The third-order valence-corrected chi connectivity index (χ3v) is 3.94. The third kappa shape index (κ3) is 2.98. The molecule has 1 amide bonds. The minimum Gasteiger partial charge on any atom is -0.370 e. The molecule has 9 heteroatoms. The lowest BCUT2D eigenvalue weighted by Crippen LogP contribution is -2.42. The molecule has 1 unspecified atom stereocenters. The smallest absolute Gasteiger partial charge is 0.319 e. The minimum atomic E-state index is -0.655. The number of nitrogens with one attached hydrogen (secondary N) is 1. The van der Waals surface area contributed by atoms with Gasteiger partial charge in [0.05, 0.1) is 18.1 Å². The Morgan fingerprint density at radius 1 is 1.54 bits per heavy atom. The van der Waals surface area contributed by atoms with Crippen molar-refractivity contribution in [2.45, 2.75) is 13.0 Å². The molecule has 0 aliphatic carbocycles. The molecule has 1 saturated heterocycles. The van der Waals surface area contributed by atoms with Crippen molar-refractivity contribution in [3.63, 3.8) is 0 Å². The SMILES string of the molecule is Cc1cc(C2CN(C(=O)c3[nH]ncc3[N+](=O)[O-])CCO2)ccc1F. The summed E-state index contributed by atoms with van der Waals surface area (Å²) in [6, 6.07) is 4.64. The Labute approximate surface area is 136 Å². The second-order valence-corrected chi connectivity index (χ2v) is 5.51. The fourth-order valence-corrected chi connectivity index (χ4v) is 2.64. The Morgan fingerprint density at radius 2 is 2.33 bits per heavy atom. The number of hydrogen-bond acceptors (Lipinski definition) is 5. The van der Waals surface area contributed by atoms with Gasteiger partial charge in [0.25, 0.3) is 5.91 Å². The van der Waals surface area contributed by atoms with Crippen LogP contribution < -0.4 is 0 Å². The van der Waals surface area contributed by atoms with Crippen molar-refractivity contribution in [3.8, 4) is 0 Å². The summed E-state index contributed by atoms with van der Waals surface area (Å²) in [6.45, 7) is 2.47. The summed E-state index contributed by atoms with van der Waals surface area (Å²) in [6.07, 6.45) is 0.595. The number of carbonyl (C=O) groups excluding carboxylic acids is 1. The molecule has 1 fully saturated rings. The molecule has 126 valence electrons. The van der Waals surface area contributed by atoms with Gasteiger partial charge in [0, 0.05) is 6.54 Å². The Morgan fingerprint density at radius 3 is 3.04 bits per heavy atom. The first-order valence-corrected chi connectivity index (χ1v) is 7.32. The van der Waals surface area contributed by atoms with E-state index in [9.17, 15) is 19.3 Å². The van der Waals surface area contributed by atoms with E-state index in [1.165, 1.54) is 11.0 Å². The second-order valence-electron chi connectivity index (χ2n) is 5.51. The first kappa shape index (κ1) is 16.1. The monoisotopic (exact) mass is 334 g/mol. The van der Waals surface area contributed by atoms with E-state index in [-0.39, 0.29) is 30.4 Å². The Hall–Kier alpha value is -2.81. The summed E-state index contributed by atoms with van der Waals surface area (Å²) < 4.78 is 19.1. The molecule has 24 heavy (non-hydrogen) atoms. The van der Waals surface area contributed by atoms with Gasteiger partial charge in [-0.05, 0) is 24.1 Å². The fraction of sp³-hybridized carbons (Fsp3) is 0.333. The van der Waals surface area contributed by atoms with Gasteiger partial charge >= 0.3 is 5.69 Å². The van der Waals surface area contributed by atoms with Crippen LogP contribution in [0.1, 0.15) is 27.7 Å². The number of halogens is 1. The van der Waals surface area contributed by atoms with Crippen LogP contribution in [0.5, 0.6) is 0 Å². The van der Waals surface area contributed by atoms with Gasteiger partial charge in [-0.3, -0.25) is 20.0 Å². The minimum absolute atomic E-state index is 0.157. The lowest BCUT2D eigenvalue weighted by molar-refractivity contribution is -0.385. The zero-order valence-corrected chi connectivity index (χ0v) is 12.9. The number of amides is 1. The van der Waals surface area contributed by atoms with Gasteiger partial charge in [-0.15, -0.1) is 0 Å². The van der Waals surface area contributed by atoms with Crippen molar-refractivity contribution in [2.24, 2.45) is 0 Å². The van der Waals surface area contributed by atoms with Gasteiger partial charge in [0.1, 0.15) is 18.1 Å². The number of hydrogen-bond donors (Lipinski definition) is 1. The van der Waals surface area contributed by atoms with E-state index in [0.29, 0.717) is 12.1 Å². The number of nitro groups is 1. The van der Waals surface area contributed by atoms with Gasteiger partial charge in [-0.1, -0.05) is 12.1 Å². The number of carbonyl (C=O) groups is 1. The molecule has 0 spiro atoms. The summed E-state index contributed by atoms with van der Waals surface area (Å²) in [5.41, 5.74) is 0.728. The quantitative estimate of drug-likeness (QED) is 0.683. The number of rotatable bonds is 3. The number of aromatic nitrogens is 2. The maximum atomic E-state index is 13.4. The Kier molecular flexibility index (Phi) is 4.26. The van der Waals surface area contributed by atoms with Gasteiger partial charge in [0.15, 0.2) is 0 Å². The standard InChI is InChI=1S/C15H15FN4O4/c1-9-6-10(2-3-11(9)16)13-8-19(4-5-24-13)15(21)14-12(20(22)23)7-17-18-14/h2-3,6-7,13H,4-5,8H2,1H3,(H,17,18). The van der Waals surface area contributed by atoms with Gasteiger partial charge in [0.2, 0.25) is 5.69 Å². The van der Waals surface area contributed by atoms with Crippen molar-refractivity contribution >= 4 is 11.6 Å². The molecule has 8 nitrogen and oxygen atoms in total. The molecule has 1 aliphatic heterocycles. The predicted molar refractivity (Wildman–Crippen MR) is 81.0 cm³/mol. The maximum Gasteiger partial charge on any atom is 0.319 e. The van der Waals surface area contributed by atoms with Gasteiger partial charge in [-0.25, -0.2) is 4.39 Å². The number of benzene rings is 1. The molecule has 1 aromatic carbocycles. The van der Waals surface area contributed by atoms with Crippen LogP contribution in [0.15, 0.2) is 24.4 Å². The lowest BCUT2D eigenvalue weighted by atomic mass is 10.0. The van der Waals surface area contributed by atoms with Crippen LogP contribution in [0.2, 0.25) is 0 Å². The summed E-state index contributed by atoms with van der Waals surface area (Å²) in [4.78, 5) is 24.3. The van der Waals surface area contributed by atoms with Crippen molar-refractivity contribution in [3.05, 3.63) is 57.1 Å². The van der Waals surface area contributed by atoms with Crippen LogP contribution in [0.25, 0.3) is 0 Å². The first-order chi connectivity index (χ1) is 11.5. The number of morpholine rings is 1. The predicted octanol–water partition coefficient (Wildman–Crippen LogP) is 1.98. The molecule has 1 N–H and O–H groups in total. The van der Waals surface area contributed by atoms with E-state index in [1.807, 2.05) is 0 Å². The summed E-state index contributed by atoms with van der Waals surface area (Å²) in [7, 11) is 0. The zero-order chi connectivity index (χ0) is 17.3. The molecule has 0 bridgehead atoms. The van der Waals surface area contributed by atoms with E-state index in [1.54, 1.807) is 19.1 Å². The molecule has 0 radical (unpaired) electrons. The third-order valence-electron chi connectivity index (χ3n) is 3.94. The molecule has 0 saturated carbocycles. The van der Waals surface area contributed by atoms with E-state index in [4.69, 9.17) is 4.74 Å². The molecule has 2 aromatic rings. The van der Waals surface area contributed by atoms with Crippen LogP contribution in [0.4, 0.5) is 10.1 Å². The lowest BCUT2D eigenvalue weighted by Gasteiger charge is -2.33. The average Bonchev–Trinajstić information content (AvgIpc) is 3.07. The molecule has 1 aromatic heterocycles. The average molecular weight is 334 g/mol. The summed E-state index contributed by atoms with van der Waals surface area (Å²) in [5, 5.41) is 16.9. The summed E-state index contributed by atoms with van der Waals surface area (Å²) >= 11 is 0. The fourth-order valence-electron chi connectivity index (χ4n) is 2.64. The van der Waals surface area contributed by atoms with Crippen molar-refractivity contribution in [1.82, 2.24) is 15.1 Å². The molecule has 1 aliphatic rings. The van der Waals surface area contributed by atoms with Crippen LogP contribution in [0.3, 0.4) is 0 Å². The number of ether oxygens (including phenoxy) is 1. The van der Waals surface area contributed by atoms with E-state index in [0.717, 1.165) is 11.8 Å². The van der Waals surface area contributed by atoms with Gasteiger partial charge in [-0.2, -0.15) is 5.10 Å². The highest BCUT2D eigenvalue weighted by molar-refractivity contribution is 5.96. The van der Waals surface area contributed by atoms with Crippen LogP contribution >= 0.6 is 0 Å². The highest BCUT2D eigenvalue weighted by atomic mass is 19.1. The molecule has 1 atom stereocenters. The molecule has 2 heterocycles. The molecule has 3 rings (SSSR count). The second kappa shape index (κ2) is 6.36. The number of nitrogens with zero attached hydrogens (tertiary/aromatic N) is 3. The first-order valence-electron chi connectivity index (χ1n) is 7.32. The Balaban J connectivity index is 1.80. The topological polar surface area (TPSA) is 101 Å². The van der Waals surface area contributed by atoms with E-state index >= 15 is 0 Å². The van der Waals surface area contributed by atoms with Crippen LogP contribution in [-0.4, -0.2) is 45.6 Å². The maximum absolute atomic E-state index is 13.4. The normalized spacial score (nSPS) is 17.8. The number of H-pyrrole nitrogens is 1. The Bertz CT molecular complexity index is 792. The summed E-state index contributed by atoms with van der Waals surface area (Å²) in [5.74, 6) is -0.818. The van der Waals surface area contributed by atoms with Gasteiger partial charge < -0.3 is 9.64 Å². The van der Waals surface area contributed by atoms with Crippen molar-refractivity contribution < 1.29 is 18.8 Å². The van der Waals surface area contributed by atoms with E-state index < -0.39 is 16.9 Å². The highest BCUT2D eigenvalue weighted by Crippen LogP contribution is 2.26. The van der Waals surface area contributed by atoms with Crippen LogP contribution in [0, 0.1) is 22.9 Å². The highest BCUT2D eigenvalue weighted by Gasteiger charge is 2.31. The van der Waals surface area contributed by atoms with Crippen molar-refractivity contribution in [1.29, 1.82) is 0 Å². The molecular formula is C15H15FN4O4. The number of aryl methyl sites for hydroxylation is 1.